The van der Waals surface area contributed by atoms with Crippen LogP contribution in [-0.4, -0.2) is 51.5 Å². The highest BCUT2D eigenvalue weighted by Gasteiger charge is 2.35. The van der Waals surface area contributed by atoms with Gasteiger partial charge >= 0.3 is 5.97 Å². The van der Waals surface area contributed by atoms with Gasteiger partial charge in [0.2, 0.25) is 11.8 Å². The van der Waals surface area contributed by atoms with E-state index >= 15 is 0 Å². The third kappa shape index (κ3) is 3.86. The number of nitrogens with one attached hydrogen (secondary N) is 1. The number of rotatable bonds is 5. The predicted molar refractivity (Wildman–Crippen MR) is 72.7 cm³/mol. The Morgan fingerprint density at radius 3 is 2.58 bits per heavy atom. The first-order chi connectivity index (χ1) is 8.88. The Bertz CT molecular complexity index is 375. The Morgan fingerprint density at radius 2 is 2.11 bits per heavy atom. The maximum atomic E-state index is 12.1. The largest absolute Gasteiger partial charge is 0.480 e. The summed E-state index contributed by atoms with van der Waals surface area (Å²) in [7, 11) is 0. The number of carboxylic acids is 1. The first-order valence-corrected chi connectivity index (χ1v) is 7.42. The van der Waals surface area contributed by atoms with Crippen molar-refractivity contribution < 1.29 is 19.5 Å². The van der Waals surface area contributed by atoms with Crippen LogP contribution < -0.4 is 5.32 Å². The molecule has 0 aromatic heterocycles. The van der Waals surface area contributed by atoms with Crippen molar-refractivity contribution in [1.82, 2.24) is 10.2 Å². The second kappa shape index (κ2) is 6.79. The molecule has 3 atom stereocenters. The minimum absolute atomic E-state index is 0.152. The third-order valence-electron chi connectivity index (χ3n) is 3.37. The van der Waals surface area contributed by atoms with Crippen molar-refractivity contribution in [3.05, 3.63) is 0 Å². The fraction of sp³-hybridized carbons (Fsp3) is 0.750. The molecule has 0 radical (unpaired) electrons. The van der Waals surface area contributed by atoms with Gasteiger partial charge in [-0.05, 0) is 5.92 Å². The van der Waals surface area contributed by atoms with E-state index in [0.29, 0.717) is 18.1 Å². The lowest BCUT2D eigenvalue weighted by atomic mass is 9.99. The lowest BCUT2D eigenvalue weighted by Gasteiger charge is -2.25. The molecule has 1 saturated heterocycles. The number of aliphatic carboxylic acids is 1. The number of hydrogen-bond acceptors (Lipinski definition) is 4. The van der Waals surface area contributed by atoms with Crippen LogP contribution in [-0.2, 0) is 14.4 Å². The zero-order valence-electron chi connectivity index (χ0n) is 11.4. The monoisotopic (exact) mass is 288 g/mol. The molecule has 1 aliphatic heterocycles. The molecule has 1 aliphatic rings. The van der Waals surface area contributed by atoms with Gasteiger partial charge in [-0.15, -0.1) is 11.8 Å². The van der Waals surface area contributed by atoms with Gasteiger partial charge in [-0.1, -0.05) is 20.3 Å². The van der Waals surface area contributed by atoms with Gasteiger partial charge in [0.1, 0.15) is 12.1 Å². The Morgan fingerprint density at radius 1 is 1.47 bits per heavy atom. The summed E-state index contributed by atoms with van der Waals surface area (Å²) in [5.74, 6) is -0.746. The van der Waals surface area contributed by atoms with Crippen LogP contribution in [0.5, 0.6) is 0 Å². The average Bonchev–Trinajstić information content (AvgIpc) is 2.83. The SMILES string of the molecule is CC[C@H](C)[C@H](NC(=O)[C@H]1CSCN1C(C)=O)C(=O)O. The van der Waals surface area contributed by atoms with E-state index < -0.39 is 18.1 Å². The lowest BCUT2D eigenvalue weighted by molar-refractivity contribution is -0.144. The molecule has 0 aromatic carbocycles. The molecule has 0 spiro atoms. The number of carbonyl (C=O) groups excluding carboxylic acids is 2. The summed E-state index contributed by atoms with van der Waals surface area (Å²) in [6.07, 6.45) is 0.660. The van der Waals surface area contributed by atoms with E-state index in [0.717, 1.165) is 0 Å². The van der Waals surface area contributed by atoms with E-state index in [4.69, 9.17) is 5.11 Å². The second-order valence-electron chi connectivity index (χ2n) is 4.71. The molecule has 19 heavy (non-hydrogen) atoms. The van der Waals surface area contributed by atoms with Crippen molar-refractivity contribution in [3.63, 3.8) is 0 Å². The Labute approximate surface area is 116 Å². The molecule has 108 valence electrons. The molecule has 2 amide bonds. The molecule has 0 aromatic rings. The first-order valence-electron chi connectivity index (χ1n) is 6.26. The van der Waals surface area contributed by atoms with Gasteiger partial charge < -0.3 is 15.3 Å². The van der Waals surface area contributed by atoms with Crippen LogP contribution in [0.4, 0.5) is 0 Å². The summed E-state index contributed by atoms with van der Waals surface area (Å²) in [5, 5.41) is 11.7. The average molecular weight is 288 g/mol. The van der Waals surface area contributed by atoms with Gasteiger partial charge in [0.25, 0.3) is 0 Å². The molecule has 0 aliphatic carbocycles. The predicted octanol–water partition coefficient (Wildman–Crippen LogP) is 0.523. The fourth-order valence-corrected chi connectivity index (χ4v) is 3.12. The molecule has 7 heteroatoms. The molecular weight excluding hydrogens is 268 g/mol. The smallest absolute Gasteiger partial charge is 0.326 e. The first kappa shape index (κ1) is 15.8. The molecule has 2 N–H and O–H groups in total. The standard InChI is InChI=1S/C12H20N2O4S/c1-4-7(2)10(12(17)18)13-11(16)9-5-19-6-14(9)8(3)15/h7,9-10H,4-6H2,1-3H3,(H,13,16)(H,17,18)/t7-,9+,10-/m0/s1. The number of carboxylic acid groups (broad SMARTS) is 1. The molecule has 0 bridgehead atoms. The highest BCUT2D eigenvalue weighted by atomic mass is 32.2. The van der Waals surface area contributed by atoms with E-state index in [1.807, 2.05) is 6.92 Å². The summed E-state index contributed by atoms with van der Waals surface area (Å²) in [6.45, 7) is 5.07. The van der Waals surface area contributed by atoms with Gasteiger partial charge in [0.15, 0.2) is 0 Å². The van der Waals surface area contributed by atoms with Crippen LogP contribution in [0, 0.1) is 5.92 Å². The Kier molecular flexibility index (Phi) is 5.65. The van der Waals surface area contributed by atoms with Crippen LogP contribution in [0.15, 0.2) is 0 Å². The van der Waals surface area contributed by atoms with Gasteiger partial charge in [-0.2, -0.15) is 0 Å². The number of thioether (sulfide) groups is 1. The zero-order valence-corrected chi connectivity index (χ0v) is 12.2. The van der Waals surface area contributed by atoms with Crippen LogP contribution in [0.1, 0.15) is 27.2 Å². The maximum absolute atomic E-state index is 12.1. The highest BCUT2D eigenvalue weighted by Crippen LogP contribution is 2.21. The summed E-state index contributed by atoms with van der Waals surface area (Å²) in [5.41, 5.74) is 0. The number of amides is 2. The summed E-state index contributed by atoms with van der Waals surface area (Å²) in [6, 6.07) is -1.47. The van der Waals surface area contributed by atoms with Crippen molar-refractivity contribution in [2.45, 2.75) is 39.3 Å². The van der Waals surface area contributed by atoms with Crippen molar-refractivity contribution >= 4 is 29.5 Å². The summed E-state index contributed by atoms with van der Waals surface area (Å²) >= 11 is 1.49. The molecule has 1 heterocycles. The molecule has 1 fully saturated rings. The summed E-state index contributed by atoms with van der Waals surface area (Å²) < 4.78 is 0. The minimum atomic E-state index is -1.04. The van der Waals surface area contributed by atoms with Crippen LogP contribution in [0.25, 0.3) is 0 Å². The molecular formula is C12H20N2O4S. The highest BCUT2D eigenvalue weighted by molar-refractivity contribution is 7.99. The quantitative estimate of drug-likeness (QED) is 0.770. The lowest BCUT2D eigenvalue weighted by Crippen LogP contribution is -2.53. The van der Waals surface area contributed by atoms with Crippen molar-refractivity contribution in [3.8, 4) is 0 Å². The zero-order chi connectivity index (χ0) is 14.6. The fourth-order valence-electron chi connectivity index (χ4n) is 1.90. The van der Waals surface area contributed by atoms with Gasteiger partial charge in [0, 0.05) is 12.7 Å². The Hall–Kier alpha value is -1.24. The van der Waals surface area contributed by atoms with Gasteiger partial charge in [-0.25, -0.2) is 4.79 Å². The number of carbonyl (C=O) groups is 3. The molecule has 0 unspecified atom stereocenters. The molecule has 1 rings (SSSR count). The van der Waals surface area contributed by atoms with Crippen molar-refractivity contribution in [2.75, 3.05) is 11.6 Å². The van der Waals surface area contributed by atoms with E-state index in [1.165, 1.54) is 23.6 Å². The van der Waals surface area contributed by atoms with Crippen LogP contribution in [0.2, 0.25) is 0 Å². The summed E-state index contributed by atoms with van der Waals surface area (Å²) in [4.78, 5) is 36.1. The minimum Gasteiger partial charge on any atom is -0.480 e. The number of nitrogens with zero attached hydrogens (tertiary/aromatic N) is 1. The van der Waals surface area contributed by atoms with Gasteiger partial charge in [-0.3, -0.25) is 9.59 Å². The maximum Gasteiger partial charge on any atom is 0.326 e. The van der Waals surface area contributed by atoms with E-state index in [2.05, 4.69) is 5.32 Å². The topological polar surface area (TPSA) is 86.7 Å². The molecule has 6 nitrogen and oxygen atoms in total. The third-order valence-corrected chi connectivity index (χ3v) is 4.38. The second-order valence-corrected chi connectivity index (χ2v) is 5.71. The Balaban J connectivity index is 2.71. The number of hydrogen-bond donors (Lipinski definition) is 2. The van der Waals surface area contributed by atoms with Crippen LogP contribution in [0.3, 0.4) is 0 Å². The van der Waals surface area contributed by atoms with Crippen molar-refractivity contribution in [2.24, 2.45) is 5.92 Å². The normalized spacial score (nSPS) is 21.8. The molecule has 0 saturated carbocycles. The van der Waals surface area contributed by atoms with Crippen molar-refractivity contribution in [1.29, 1.82) is 0 Å². The van der Waals surface area contributed by atoms with E-state index in [1.54, 1.807) is 6.92 Å². The van der Waals surface area contributed by atoms with Crippen LogP contribution >= 0.6 is 11.8 Å². The van der Waals surface area contributed by atoms with E-state index in [-0.39, 0.29) is 17.7 Å². The van der Waals surface area contributed by atoms with E-state index in [9.17, 15) is 14.4 Å². The van der Waals surface area contributed by atoms with Gasteiger partial charge in [0.05, 0.1) is 5.88 Å².